The predicted molar refractivity (Wildman–Crippen MR) is 193 cm³/mol. The van der Waals surface area contributed by atoms with Gasteiger partial charge in [-0.2, -0.15) is 15.0 Å². The number of imide groups is 1. The van der Waals surface area contributed by atoms with Crippen molar-refractivity contribution in [1.29, 1.82) is 0 Å². The Labute approximate surface area is 309 Å². The zero-order valence-corrected chi connectivity index (χ0v) is 32.4. The number of aliphatic carboxylic acids is 1. The Hall–Kier alpha value is -5.28. The zero-order valence-electron chi connectivity index (χ0n) is 32.4. The lowest BCUT2D eigenvalue weighted by Crippen LogP contribution is -2.50. The summed E-state index contributed by atoms with van der Waals surface area (Å²) in [6.07, 6.45) is -1.02. The largest absolute Gasteiger partial charge is 0.480 e. The highest BCUT2D eigenvalue weighted by atomic mass is 16.6. The third-order valence-electron chi connectivity index (χ3n) is 7.18. The second-order valence-electron chi connectivity index (χ2n) is 16.1. The van der Waals surface area contributed by atoms with E-state index in [4.69, 9.17) is 19.3 Å². The predicted octanol–water partition coefficient (Wildman–Crippen LogP) is 5.55. The Morgan fingerprint density at radius 3 is 1.89 bits per heavy atom. The number of hydrogen-bond acceptors (Lipinski definition) is 10. The maximum atomic E-state index is 13.8. The van der Waals surface area contributed by atoms with Crippen LogP contribution in [0.5, 0.6) is 0 Å². The van der Waals surface area contributed by atoms with Crippen molar-refractivity contribution >= 4 is 41.9 Å². The van der Waals surface area contributed by atoms with E-state index in [0.717, 1.165) is 11.3 Å². The summed E-state index contributed by atoms with van der Waals surface area (Å²) in [7, 11) is 0. The van der Waals surface area contributed by atoms with Gasteiger partial charge in [-0.25, -0.2) is 14.4 Å². The molecule has 0 bridgehead atoms. The minimum absolute atomic E-state index is 0.0450. The molecule has 0 spiro atoms. The minimum atomic E-state index is -1.16. The number of benzene rings is 1. The van der Waals surface area contributed by atoms with Gasteiger partial charge in [0.15, 0.2) is 5.84 Å². The molecule has 2 aromatic rings. The fourth-order valence-corrected chi connectivity index (χ4v) is 5.18. The minimum Gasteiger partial charge on any atom is -0.480 e. The number of hydrogen-bond donors (Lipinski definition) is 2. The van der Waals surface area contributed by atoms with Gasteiger partial charge in [-0.15, -0.1) is 0 Å². The number of amidine groups is 1. The van der Waals surface area contributed by atoms with E-state index < -0.39 is 58.8 Å². The Morgan fingerprint density at radius 1 is 0.868 bits per heavy atom. The van der Waals surface area contributed by atoms with E-state index in [1.807, 2.05) is 13.8 Å². The summed E-state index contributed by atoms with van der Waals surface area (Å²) in [4.78, 5) is 84.6. The second kappa shape index (κ2) is 16.6. The van der Waals surface area contributed by atoms with Gasteiger partial charge in [0.2, 0.25) is 5.91 Å². The number of aromatic nitrogens is 2. The van der Waals surface area contributed by atoms with E-state index in [-0.39, 0.29) is 36.0 Å². The van der Waals surface area contributed by atoms with Crippen LogP contribution in [-0.2, 0) is 43.3 Å². The smallest absolute Gasteiger partial charge is 0.436 e. The first-order chi connectivity index (χ1) is 24.3. The number of carboxylic acid groups (broad SMARTS) is 1. The standard InChI is InChI=1S/C37H52N6O10/c1-22(2)18-27(31(47)41-17-16-26-25(19-41)20-42(40-26)21-28(44)45)38-30(46)24-14-12-23(13-15-24)29(39-32(48)51-35(3,4)5)43(33(49)52-36(6,7)8)34(50)53-37(9,10)11/h12-15,20,22,27H,16-19,21H2,1-11H3,(H,38,46)(H,44,45)/t27-/m0/s1. The Morgan fingerprint density at radius 2 is 1.40 bits per heavy atom. The third-order valence-corrected chi connectivity index (χ3v) is 7.18. The zero-order chi connectivity index (χ0) is 40.1. The van der Waals surface area contributed by atoms with Crippen LogP contribution >= 0.6 is 0 Å². The molecule has 16 heteroatoms. The number of nitrogens with one attached hydrogen (secondary N) is 1. The van der Waals surface area contributed by atoms with Gasteiger partial charge in [0.25, 0.3) is 5.91 Å². The summed E-state index contributed by atoms with van der Waals surface area (Å²) in [5, 5.41) is 16.3. The number of fused-ring (bicyclic) bond motifs is 1. The van der Waals surface area contributed by atoms with Crippen LogP contribution in [0.25, 0.3) is 0 Å². The number of aliphatic imine (C=N–C) groups is 1. The van der Waals surface area contributed by atoms with Crippen molar-refractivity contribution in [2.75, 3.05) is 6.54 Å². The molecule has 1 atom stereocenters. The fraction of sp³-hybridized carbons (Fsp3) is 0.568. The third kappa shape index (κ3) is 13.0. The van der Waals surface area contributed by atoms with Crippen LogP contribution in [0.1, 0.15) is 110 Å². The van der Waals surface area contributed by atoms with Gasteiger partial charge in [0.1, 0.15) is 29.4 Å². The van der Waals surface area contributed by atoms with Crippen molar-refractivity contribution in [3.63, 3.8) is 0 Å². The molecule has 290 valence electrons. The summed E-state index contributed by atoms with van der Waals surface area (Å²) in [6.45, 7) is 18.6. The maximum Gasteiger partial charge on any atom is 0.436 e. The number of ether oxygens (including phenoxy) is 3. The number of carbonyl (C=O) groups excluding carboxylic acids is 5. The van der Waals surface area contributed by atoms with Gasteiger partial charge in [-0.05, 0) is 86.8 Å². The molecule has 0 radical (unpaired) electrons. The molecular weight excluding hydrogens is 688 g/mol. The van der Waals surface area contributed by atoms with Crippen LogP contribution in [0, 0.1) is 5.92 Å². The van der Waals surface area contributed by atoms with E-state index in [1.54, 1.807) is 73.4 Å². The first-order valence-electron chi connectivity index (χ1n) is 17.4. The molecule has 0 aliphatic carbocycles. The summed E-state index contributed by atoms with van der Waals surface area (Å²) >= 11 is 0. The van der Waals surface area contributed by atoms with Crippen molar-refractivity contribution in [2.24, 2.45) is 10.9 Å². The summed E-state index contributed by atoms with van der Waals surface area (Å²) in [5.74, 6) is -2.30. The molecule has 1 aliphatic heterocycles. The lowest BCUT2D eigenvalue weighted by molar-refractivity contribution is -0.138. The first kappa shape index (κ1) is 42.1. The molecule has 2 heterocycles. The second-order valence-corrected chi connectivity index (χ2v) is 16.1. The molecule has 5 amide bonds. The van der Waals surface area contributed by atoms with Crippen molar-refractivity contribution in [3.05, 3.63) is 52.8 Å². The lowest BCUT2D eigenvalue weighted by atomic mass is 10.00. The van der Waals surface area contributed by atoms with Crippen molar-refractivity contribution in [3.8, 4) is 0 Å². The summed E-state index contributed by atoms with van der Waals surface area (Å²) in [5.41, 5.74) is -1.36. The van der Waals surface area contributed by atoms with Gasteiger partial charge in [0.05, 0.1) is 5.69 Å². The van der Waals surface area contributed by atoms with E-state index in [9.17, 15) is 28.8 Å². The van der Waals surface area contributed by atoms with Crippen molar-refractivity contribution in [2.45, 2.75) is 125 Å². The van der Waals surface area contributed by atoms with Crippen LogP contribution in [0.15, 0.2) is 35.5 Å². The topological polar surface area (TPSA) is 199 Å². The number of rotatable bonds is 8. The SMILES string of the molecule is CC(C)C[C@H](NC(=O)c1ccc(C(=NC(=O)OC(C)(C)C)N(C(=O)OC(C)(C)C)C(=O)OC(C)(C)C)cc1)C(=O)N1CCc2nn(CC(=O)O)cc2C1. The average Bonchev–Trinajstić information content (AvgIpc) is 3.38. The number of amides is 5. The number of nitrogens with zero attached hydrogens (tertiary/aromatic N) is 5. The quantitative estimate of drug-likeness (QED) is 0.195. The highest BCUT2D eigenvalue weighted by Gasteiger charge is 2.37. The van der Waals surface area contributed by atoms with Gasteiger partial charge < -0.3 is 29.5 Å². The van der Waals surface area contributed by atoms with E-state index in [2.05, 4.69) is 15.4 Å². The Kier molecular flexibility index (Phi) is 13.2. The van der Waals surface area contributed by atoms with E-state index in [0.29, 0.717) is 24.3 Å². The molecule has 1 aromatic carbocycles. The van der Waals surface area contributed by atoms with E-state index >= 15 is 0 Å². The number of carboxylic acids is 1. The molecule has 3 rings (SSSR count). The molecule has 1 aromatic heterocycles. The molecule has 53 heavy (non-hydrogen) atoms. The molecule has 1 aliphatic rings. The highest BCUT2D eigenvalue weighted by molar-refractivity contribution is 6.18. The van der Waals surface area contributed by atoms with E-state index in [1.165, 1.54) is 28.9 Å². The van der Waals surface area contributed by atoms with Crippen LogP contribution in [0.3, 0.4) is 0 Å². The molecule has 0 saturated heterocycles. The summed E-state index contributed by atoms with van der Waals surface area (Å²) < 4.78 is 17.7. The normalized spacial score (nSPS) is 14.2. The Bertz CT molecular complexity index is 1700. The summed E-state index contributed by atoms with van der Waals surface area (Å²) in [6, 6.07) is 4.70. The van der Waals surface area contributed by atoms with Gasteiger partial charge in [-0.1, -0.05) is 26.0 Å². The van der Waals surface area contributed by atoms with Crippen molar-refractivity contribution in [1.82, 2.24) is 24.9 Å². The van der Waals surface area contributed by atoms with Gasteiger partial charge in [0, 0.05) is 42.4 Å². The van der Waals surface area contributed by atoms with Crippen molar-refractivity contribution < 1.29 is 48.1 Å². The molecule has 2 N–H and O–H groups in total. The average molecular weight is 741 g/mol. The first-order valence-corrected chi connectivity index (χ1v) is 17.4. The molecule has 0 saturated carbocycles. The van der Waals surface area contributed by atoms with Gasteiger partial charge in [-0.3, -0.25) is 19.1 Å². The number of carbonyl (C=O) groups is 6. The van der Waals surface area contributed by atoms with Crippen LogP contribution in [-0.4, -0.2) is 96.0 Å². The monoisotopic (exact) mass is 740 g/mol. The molecule has 0 fully saturated rings. The van der Waals surface area contributed by atoms with Gasteiger partial charge >= 0.3 is 24.2 Å². The fourth-order valence-electron chi connectivity index (χ4n) is 5.18. The van der Waals surface area contributed by atoms with Crippen LogP contribution in [0.4, 0.5) is 14.4 Å². The molecule has 16 nitrogen and oxygen atoms in total. The maximum absolute atomic E-state index is 13.8. The Balaban J connectivity index is 1.94. The lowest BCUT2D eigenvalue weighted by Gasteiger charge is -2.31. The molecule has 0 unspecified atom stereocenters. The van der Waals surface area contributed by atoms with Crippen LogP contribution < -0.4 is 5.32 Å². The van der Waals surface area contributed by atoms with Crippen LogP contribution in [0.2, 0.25) is 0 Å². The highest BCUT2D eigenvalue weighted by Crippen LogP contribution is 2.22. The molecular formula is C37H52N6O10.